The topological polar surface area (TPSA) is 43.8 Å². The highest BCUT2D eigenvalue weighted by Crippen LogP contribution is 2.37. The van der Waals surface area contributed by atoms with Gasteiger partial charge in [-0.1, -0.05) is 6.42 Å². The molecule has 13 heavy (non-hydrogen) atoms. The quantitative estimate of drug-likeness (QED) is 0.864. The zero-order valence-electron chi connectivity index (χ0n) is 7.70. The molecule has 1 aliphatic carbocycles. The monoisotopic (exact) mass is 243 g/mol. The molecule has 2 rings (SSSR count). The van der Waals surface area contributed by atoms with Crippen molar-refractivity contribution in [2.24, 2.45) is 18.7 Å². The molecule has 0 aliphatic heterocycles. The Kier molecular flexibility index (Phi) is 2.43. The molecular formula is C9H14BrN3. The van der Waals surface area contributed by atoms with Crippen LogP contribution in [0.15, 0.2) is 10.7 Å². The molecular weight excluding hydrogens is 230 g/mol. The normalized spacial score (nSPS) is 19.9. The Morgan fingerprint density at radius 2 is 2.38 bits per heavy atom. The van der Waals surface area contributed by atoms with E-state index in [9.17, 15) is 0 Å². The van der Waals surface area contributed by atoms with Gasteiger partial charge in [-0.05, 0) is 34.7 Å². The number of aromatic nitrogens is 2. The molecule has 0 amide bonds. The predicted octanol–water partition coefficient (Wildman–Crippen LogP) is 1.98. The lowest BCUT2D eigenvalue weighted by Gasteiger charge is -2.31. The molecule has 1 aromatic rings. The summed E-state index contributed by atoms with van der Waals surface area (Å²) in [6.45, 7) is 0. The van der Waals surface area contributed by atoms with Crippen molar-refractivity contribution >= 4 is 15.9 Å². The summed E-state index contributed by atoms with van der Waals surface area (Å²) in [5, 5.41) is 4.17. The molecule has 1 saturated carbocycles. The molecule has 1 atom stereocenters. The van der Waals surface area contributed by atoms with Crippen molar-refractivity contribution in [3.63, 3.8) is 0 Å². The van der Waals surface area contributed by atoms with E-state index in [2.05, 4.69) is 21.0 Å². The van der Waals surface area contributed by atoms with Gasteiger partial charge >= 0.3 is 0 Å². The van der Waals surface area contributed by atoms with Crippen LogP contribution < -0.4 is 5.73 Å². The van der Waals surface area contributed by atoms with E-state index in [1.165, 1.54) is 19.3 Å². The number of nitrogens with two attached hydrogens (primary N) is 1. The van der Waals surface area contributed by atoms with Crippen LogP contribution in [0, 0.1) is 5.92 Å². The molecule has 1 aliphatic rings. The molecule has 1 unspecified atom stereocenters. The second-order valence-electron chi connectivity index (χ2n) is 3.72. The van der Waals surface area contributed by atoms with E-state index < -0.39 is 0 Å². The molecule has 1 fully saturated rings. The minimum atomic E-state index is 0.149. The smallest absolute Gasteiger partial charge is 0.0692 e. The molecule has 1 heterocycles. The first-order valence-electron chi connectivity index (χ1n) is 4.63. The molecule has 0 radical (unpaired) electrons. The SMILES string of the molecule is Cn1ncc(Br)c1C(N)C1CCC1. The molecule has 0 aromatic carbocycles. The van der Waals surface area contributed by atoms with Crippen molar-refractivity contribution in [3.05, 3.63) is 16.4 Å². The van der Waals surface area contributed by atoms with E-state index in [-0.39, 0.29) is 6.04 Å². The number of aryl methyl sites for hydroxylation is 1. The minimum Gasteiger partial charge on any atom is -0.322 e. The fourth-order valence-corrected chi connectivity index (χ4v) is 2.43. The van der Waals surface area contributed by atoms with Gasteiger partial charge in [-0.2, -0.15) is 5.10 Å². The van der Waals surface area contributed by atoms with Gasteiger partial charge in [0.05, 0.1) is 22.4 Å². The van der Waals surface area contributed by atoms with Crippen LogP contribution in [0.3, 0.4) is 0 Å². The molecule has 4 heteroatoms. The largest absolute Gasteiger partial charge is 0.322 e. The molecule has 0 bridgehead atoms. The van der Waals surface area contributed by atoms with Crippen molar-refractivity contribution < 1.29 is 0 Å². The number of nitrogens with zero attached hydrogens (tertiary/aromatic N) is 2. The van der Waals surface area contributed by atoms with Crippen LogP contribution in [-0.4, -0.2) is 9.78 Å². The summed E-state index contributed by atoms with van der Waals surface area (Å²) in [6, 6.07) is 0.149. The first kappa shape index (κ1) is 9.21. The lowest BCUT2D eigenvalue weighted by molar-refractivity contribution is 0.256. The highest BCUT2D eigenvalue weighted by molar-refractivity contribution is 9.10. The minimum absolute atomic E-state index is 0.149. The zero-order chi connectivity index (χ0) is 9.42. The highest BCUT2D eigenvalue weighted by atomic mass is 79.9. The summed E-state index contributed by atoms with van der Waals surface area (Å²) in [5.41, 5.74) is 7.28. The van der Waals surface area contributed by atoms with E-state index in [0.29, 0.717) is 5.92 Å². The Hall–Kier alpha value is -0.350. The van der Waals surface area contributed by atoms with Gasteiger partial charge in [0.1, 0.15) is 0 Å². The van der Waals surface area contributed by atoms with Gasteiger partial charge in [-0.3, -0.25) is 4.68 Å². The van der Waals surface area contributed by atoms with E-state index in [0.717, 1.165) is 10.2 Å². The average molecular weight is 244 g/mol. The zero-order valence-corrected chi connectivity index (χ0v) is 9.29. The third-order valence-electron chi connectivity index (χ3n) is 2.91. The second-order valence-corrected chi connectivity index (χ2v) is 4.57. The van der Waals surface area contributed by atoms with Gasteiger partial charge < -0.3 is 5.73 Å². The van der Waals surface area contributed by atoms with Crippen LogP contribution in [0.4, 0.5) is 0 Å². The molecule has 3 nitrogen and oxygen atoms in total. The maximum absolute atomic E-state index is 6.16. The van der Waals surface area contributed by atoms with Crippen molar-refractivity contribution in [2.45, 2.75) is 25.3 Å². The van der Waals surface area contributed by atoms with E-state index >= 15 is 0 Å². The van der Waals surface area contributed by atoms with Crippen LogP contribution in [0.2, 0.25) is 0 Å². The van der Waals surface area contributed by atoms with E-state index in [1.807, 2.05) is 17.9 Å². The third kappa shape index (κ3) is 1.53. The van der Waals surface area contributed by atoms with Gasteiger partial charge in [0.25, 0.3) is 0 Å². The molecule has 0 spiro atoms. The van der Waals surface area contributed by atoms with Crippen LogP contribution in [0.1, 0.15) is 31.0 Å². The van der Waals surface area contributed by atoms with Gasteiger partial charge in [0.2, 0.25) is 0 Å². The molecule has 0 saturated heterocycles. The molecule has 2 N–H and O–H groups in total. The third-order valence-corrected chi connectivity index (χ3v) is 3.52. The number of hydrogen-bond acceptors (Lipinski definition) is 2. The van der Waals surface area contributed by atoms with Gasteiger partial charge in [0, 0.05) is 7.05 Å². The van der Waals surface area contributed by atoms with Crippen molar-refractivity contribution in [2.75, 3.05) is 0 Å². The standard InChI is InChI=1S/C9H14BrN3/c1-13-9(7(10)5-12-13)8(11)6-3-2-4-6/h5-6,8H,2-4,11H2,1H3. The maximum Gasteiger partial charge on any atom is 0.0692 e. The molecule has 1 aromatic heterocycles. The first-order chi connectivity index (χ1) is 6.20. The lowest BCUT2D eigenvalue weighted by Crippen LogP contribution is -2.28. The second kappa shape index (κ2) is 3.42. The summed E-state index contributed by atoms with van der Waals surface area (Å²) < 4.78 is 2.90. The molecule has 72 valence electrons. The highest BCUT2D eigenvalue weighted by Gasteiger charge is 2.28. The van der Waals surface area contributed by atoms with E-state index in [1.54, 1.807) is 0 Å². The summed E-state index contributed by atoms with van der Waals surface area (Å²) in [6.07, 6.45) is 5.67. The fourth-order valence-electron chi connectivity index (χ4n) is 1.82. The lowest BCUT2D eigenvalue weighted by atomic mass is 9.79. The Bertz CT molecular complexity index is 284. The van der Waals surface area contributed by atoms with Gasteiger partial charge in [-0.25, -0.2) is 0 Å². The Morgan fingerprint density at radius 1 is 1.69 bits per heavy atom. The van der Waals surface area contributed by atoms with E-state index in [4.69, 9.17) is 5.73 Å². The van der Waals surface area contributed by atoms with Crippen LogP contribution in [0.5, 0.6) is 0 Å². The summed E-state index contributed by atoms with van der Waals surface area (Å²) in [5.74, 6) is 0.659. The van der Waals surface area contributed by atoms with Crippen molar-refractivity contribution in [1.29, 1.82) is 0 Å². The van der Waals surface area contributed by atoms with Crippen molar-refractivity contribution in [1.82, 2.24) is 9.78 Å². The van der Waals surface area contributed by atoms with Crippen LogP contribution >= 0.6 is 15.9 Å². The van der Waals surface area contributed by atoms with Gasteiger partial charge in [0.15, 0.2) is 0 Å². The number of halogens is 1. The fraction of sp³-hybridized carbons (Fsp3) is 0.667. The Morgan fingerprint density at radius 3 is 2.77 bits per heavy atom. The summed E-state index contributed by atoms with van der Waals surface area (Å²) in [7, 11) is 1.94. The number of rotatable bonds is 2. The summed E-state index contributed by atoms with van der Waals surface area (Å²) in [4.78, 5) is 0. The van der Waals surface area contributed by atoms with Gasteiger partial charge in [-0.15, -0.1) is 0 Å². The number of hydrogen-bond donors (Lipinski definition) is 1. The summed E-state index contributed by atoms with van der Waals surface area (Å²) >= 11 is 3.48. The average Bonchev–Trinajstić information content (AvgIpc) is 2.27. The first-order valence-corrected chi connectivity index (χ1v) is 5.42. The Labute approximate surface area is 86.4 Å². The Balaban J connectivity index is 2.22. The van der Waals surface area contributed by atoms with Crippen molar-refractivity contribution in [3.8, 4) is 0 Å². The maximum atomic E-state index is 6.16. The van der Waals surface area contributed by atoms with Crippen LogP contribution in [0.25, 0.3) is 0 Å². The van der Waals surface area contributed by atoms with Crippen LogP contribution in [-0.2, 0) is 7.05 Å². The predicted molar refractivity (Wildman–Crippen MR) is 55.2 cm³/mol.